The van der Waals surface area contributed by atoms with Crippen LogP contribution in [0.5, 0.6) is 0 Å². The minimum Gasteiger partial charge on any atom is -0.460 e. The number of phosphoric acid groups is 1. The number of carbonyl (C=O) groups excluding carboxylic acids is 2. The van der Waals surface area contributed by atoms with E-state index in [1.165, 1.54) is 128 Å². The average molecular weight is 690 g/mol. The number of hydrogen-bond acceptors (Lipinski definition) is 7. The molecule has 0 aliphatic carbocycles. The van der Waals surface area contributed by atoms with Crippen molar-refractivity contribution in [2.24, 2.45) is 5.73 Å². The second-order valence-electron chi connectivity index (χ2n) is 13.6. The second-order valence-corrected chi connectivity index (χ2v) is 15.0. The van der Waals surface area contributed by atoms with Crippen LogP contribution in [-0.2, 0) is 27.9 Å². The zero-order valence-electron chi connectivity index (χ0n) is 30.8. The first-order chi connectivity index (χ1) is 22.8. The van der Waals surface area contributed by atoms with E-state index in [0.29, 0.717) is 12.8 Å². The first-order valence-electron chi connectivity index (χ1n) is 19.9. The predicted molar refractivity (Wildman–Crippen MR) is 196 cm³/mol. The van der Waals surface area contributed by atoms with Gasteiger partial charge in [-0.05, 0) is 19.3 Å². The fourth-order valence-electron chi connectivity index (χ4n) is 5.88. The minimum atomic E-state index is -4.31. The summed E-state index contributed by atoms with van der Waals surface area (Å²) in [5.41, 5.74) is 5.35. The Kier molecular flexibility index (Phi) is 34.5. The van der Waals surface area contributed by atoms with Gasteiger partial charge in [0.2, 0.25) is 0 Å². The highest BCUT2D eigenvalue weighted by Gasteiger charge is 2.25. The number of hydrogen-bond donors (Lipinski definition) is 2. The molecule has 280 valence electrons. The first kappa shape index (κ1) is 46.2. The normalized spacial score (nSPS) is 13.4. The number of carbonyl (C=O) groups is 2. The maximum atomic E-state index is 12.6. The lowest BCUT2D eigenvalue weighted by molar-refractivity contribution is -0.152. The van der Waals surface area contributed by atoms with E-state index in [4.69, 9.17) is 19.5 Å². The summed E-state index contributed by atoms with van der Waals surface area (Å²) in [6.45, 7) is 4.17. The van der Waals surface area contributed by atoms with Crippen molar-refractivity contribution in [3.63, 3.8) is 0 Å². The molecule has 0 aromatic rings. The fourth-order valence-corrected chi connectivity index (χ4v) is 6.64. The standard InChI is InChI=1S/C38H76NO7P/c1-3-5-7-9-11-13-15-17-19-21-23-25-27-29-36(40)31-32-37(35-45-47(42,43)44-34-33-39)46-38(41)30-28-26-24-22-20-18-16-14-12-10-8-6-4-2/h37H,3-35,39H2,1-2H3,(H,42,43)/t37-/m0/s1. The van der Waals surface area contributed by atoms with E-state index < -0.39 is 13.9 Å². The van der Waals surface area contributed by atoms with Gasteiger partial charge in [0.1, 0.15) is 11.9 Å². The van der Waals surface area contributed by atoms with Crippen molar-refractivity contribution in [2.45, 2.75) is 213 Å². The van der Waals surface area contributed by atoms with Crippen LogP contribution in [0.15, 0.2) is 0 Å². The highest BCUT2D eigenvalue weighted by molar-refractivity contribution is 7.47. The van der Waals surface area contributed by atoms with Gasteiger partial charge >= 0.3 is 13.8 Å². The zero-order valence-corrected chi connectivity index (χ0v) is 31.7. The summed E-state index contributed by atoms with van der Waals surface area (Å²) in [6.07, 6.45) is 32.9. The Morgan fingerprint density at radius 1 is 0.574 bits per heavy atom. The van der Waals surface area contributed by atoms with Crippen LogP contribution in [-0.4, -0.2) is 42.5 Å². The molecular formula is C38H76NO7P. The Morgan fingerprint density at radius 2 is 0.957 bits per heavy atom. The summed E-state index contributed by atoms with van der Waals surface area (Å²) in [5.74, 6) is -0.238. The molecule has 0 aromatic carbocycles. The van der Waals surface area contributed by atoms with E-state index >= 15 is 0 Å². The van der Waals surface area contributed by atoms with Crippen LogP contribution in [0.1, 0.15) is 206 Å². The van der Waals surface area contributed by atoms with E-state index in [-0.39, 0.29) is 44.4 Å². The van der Waals surface area contributed by atoms with E-state index in [2.05, 4.69) is 13.8 Å². The number of ether oxygens (including phenoxy) is 1. The molecule has 0 spiro atoms. The maximum absolute atomic E-state index is 12.6. The van der Waals surface area contributed by atoms with Gasteiger partial charge in [-0.3, -0.25) is 18.6 Å². The van der Waals surface area contributed by atoms with Gasteiger partial charge in [0.15, 0.2) is 0 Å². The molecule has 0 aromatic heterocycles. The molecule has 0 saturated carbocycles. The van der Waals surface area contributed by atoms with E-state index in [9.17, 15) is 19.0 Å². The second kappa shape index (κ2) is 35.1. The van der Waals surface area contributed by atoms with Crippen molar-refractivity contribution in [1.82, 2.24) is 0 Å². The monoisotopic (exact) mass is 690 g/mol. The summed E-state index contributed by atoms with van der Waals surface area (Å²) >= 11 is 0. The third-order valence-electron chi connectivity index (χ3n) is 8.88. The quantitative estimate of drug-likeness (QED) is 0.0373. The van der Waals surface area contributed by atoms with Crippen LogP contribution in [0.3, 0.4) is 0 Å². The number of phosphoric ester groups is 1. The summed E-state index contributed by atoms with van der Waals surface area (Å²) in [4.78, 5) is 35.0. The average Bonchev–Trinajstić information content (AvgIpc) is 3.05. The summed E-state index contributed by atoms with van der Waals surface area (Å²) in [6, 6.07) is 0. The number of unbranched alkanes of at least 4 members (excludes halogenated alkanes) is 24. The third-order valence-corrected chi connectivity index (χ3v) is 9.87. The van der Waals surface area contributed by atoms with Gasteiger partial charge in [0.05, 0.1) is 13.2 Å². The summed E-state index contributed by atoms with van der Waals surface area (Å²) in [7, 11) is -4.31. The molecular weight excluding hydrogens is 613 g/mol. The van der Waals surface area contributed by atoms with Crippen LogP contribution in [0, 0.1) is 0 Å². The Hall–Kier alpha value is -0.790. The largest absolute Gasteiger partial charge is 0.472 e. The van der Waals surface area contributed by atoms with Crippen molar-refractivity contribution in [2.75, 3.05) is 19.8 Å². The van der Waals surface area contributed by atoms with E-state index in [1.807, 2.05) is 0 Å². The third kappa shape index (κ3) is 34.9. The number of Topliss-reactive ketones (excluding diaryl/α,β-unsaturated/α-hetero) is 1. The lowest BCUT2D eigenvalue weighted by atomic mass is 10.0. The molecule has 3 N–H and O–H groups in total. The van der Waals surface area contributed by atoms with Crippen LogP contribution in [0.25, 0.3) is 0 Å². The molecule has 9 heteroatoms. The van der Waals surface area contributed by atoms with Gasteiger partial charge in [0.25, 0.3) is 0 Å². The molecule has 47 heavy (non-hydrogen) atoms. The molecule has 2 atom stereocenters. The lowest BCUT2D eigenvalue weighted by Crippen LogP contribution is -2.24. The molecule has 0 aliphatic rings. The van der Waals surface area contributed by atoms with Gasteiger partial charge in [-0.2, -0.15) is 0 Å². The number of rotatable bonds is 38. The molecule has 0 amide bonds. The number of nitrogens with two attached hydrogens (primary N) is 1. The van der Waals surface area contributed by atoms with E-state index in [1.54, 1.807) is 0 Å². The van der Waals surface area contributed by atoms with Gasteiger partial charge in [-0.25, -0.2) is 4.57 Å². The molecule has 8 nitrogen and oxygen atoms in total. The Labute approximate surface area is 290 Å². The lowest BCUT2D eigenvalue weighted by Gasteiger charge is -2.19. The SMILES string of the molecule is CCCCCCCCCCCCCCCC(=O)CC[C@@H](COP(=O)(O)OCCN)OC(=O)CCCCCCCCCCCCCCC. The molecule has 0 saturated heterocycles. The summed E-state index contributed by atoms with van der Waals surface area (Å²) in [5, 5.41) is 0. The molecule has 0 radical (unpaired) electrons. The predicted octanol–water partition coefficient (Wildman–Crippen LogP) is 11.3. The van der Waals surface area contributed by atoms with Gasteiger partial charge < -0.3 is 15.4 Å². The molecule has 0 bridgehead atoms. The summed E-state index contributed by atoms with van der Waals surface area (Å²) < 4.78 is 27.6. The van der Waals surface area contributed by atoms with Crippen LogP contribution < -0.4 is 5.73 Å². The van der Waals surface area contributed by atoms with Gasteiger partial charge in [0, 0.05) is 25.8 Å². The molecule has 0 rings (SSSR count). The van der Waals surface area contributed by atoms with Crippen molar-refractivity contribution in [3.8, 4) is 0 Å². The number of ketones is 1. The molecule has 0 heterocycles. The van der Waals surface area contributed by atoms with Gasteiger partial charge in [-0.15, -0.1) is 0 Å². The van der Waals surface area contributed by atoms with Crippen LogP contribution >= 0.6 is 7.82 Å². The molecule has 0 aliphatic heterocycles. The minimum absolute atomic E-state index is 0.0825. The Bertz CT molecular complexity index is 752. The topological polar surface area (TPSA) is 125 Å². The Balaban J connectivity index is 4.18. The van der Waals surface area contributed by atoms with E-state index in [0.717, 1.165) is 38.5 Å². The Morgan fingerprint density at radius 3 is 1.36 bits per heavy atom. The van der Waals surface area contributed by atoms with Crippen molar-refractivity contribution >= 4 is 19.6 Å². The fraction of sp³-hybridized carbons (Fsp3) is 0.947. The van der Waals surface area contributed by atoms with Gasteiger partial charge in [-0.1, -0.05) is 168 Å². The molecule has 1 unspecified atom stereocenters. The maximum Gasteiger partial charge on any atom is 0.472 e. The van der Waals surface area contributed by atoms with Crippen LogP contribution in [0.2, 0.25) is 0 Å². The van der Waals surface area contributed by atoms with Crippen molar-refractivity contribution in [3.05, 3.63) is 0 Å². The van der Waals surface area contributed by atoms with Crippen LogP contribution in [0.4, 0.5) is 0 Å². The zero-order chi connectivity index (χ0) is 34.7. The van der Waals surface area contributed by atoms with Crippen molar-refractivity contribution in [1.29, 1.82) is 0 Å². The number of esters is 1. The first-order valence-corrected chi connectivity index (χ1v) is 21.4. The van der Waals surface area contributed by atoms with Crippen molar-refractivity contribution < 1.29 is 32.8 Å². The molecule has 0 fully saturated rings. The highest BCUT2D eigenvalue weighted by atomic mass is 31.2. The smallest absolute Gasteiger partial charge is 0.460 e. The highest BCUT2D eigenvalue weighted by Crippen LogP contribution is 2.43.